The number of aromatic nitrogens is 2. The first-order chi connectivity index (χ1) is 12.5. The van der Waals surface area contributed by atoms with Crippen molar-refractivity contribution in [3.8, 4) is 0 Å². The Morgan fingerprint density at radius 1 is 1.04 bits per heavy atom. The molecular formula is C19H21N3O3S. The second-order valence-electron chi connectivity index (χ2n) is 6.13. The average molecular weight is 371 g/mol. The number of amides is 1. The minimum Gasteiger partial charge on any atom is -0.355 e. The first-order valence-electron chi connectivity index (χ1n) is 8.46. The maximum atomic E-state index is 12.1. The van der Waals surface area contributed by atoms with Gasteiger partial charge in [-0.1, -0.05) is 42.5 Å². The molecule has 0 aliphatic heterocycles. The van der Waals surface area contributed by atoms with Crippen molar-refractivity contribution in [3.63, 3.8) is 0 Å². The molecule has 6 nitrogen and oxygen atoms in total. The number of imidazole rings is 1. The summed E-state index contributed by atoms with van der Waals surface area (Å²) in [5, 5.41) is 2.67. The predicted molar refractivity (Wildman–Crippen MR) is 101 cm³/mol. The zero-order chi connectivity index (χ0) is 18.4. The Kier molecular flexibility index (Phi) is 5.68. The molecule has 0 unspecified atom stereocenters. The fourth-order valence-electron chi connectivity index (χ4n) is 2.69. The van der Waals surface area contributed by atoms with Crippen LogP contribution >= 0.6 is 0 Å². The van der Waals surface area contributed by atoms with Crippen molar-refractivity contribution in [2.24, 2.45) is 0 Å². The summed E-state index contributed by atoms with van der Waals surface area (Å²) < 4.78 is 24.2. The van der Waals surface area contributed by atoms with E-state index in [4.69, 9.17) is 0 Å². The highest BCUT2D eigenvalue weighted by molar-refractivity contribution is 7.90. The molecule has 0 aliphatic carbocycles. The number of carbonyl (C=O) groups is 1. The standard InChI is InChI=1S/C19H21N3O3S/c23-19(11-10-18-21-16-8-4-5-9-17(16)22-18)20-12-13-26(24,25)14-15-6-2-1-3-7-15/h1-9H,10-14H2,(H,20,23)(H,21,22). The van der Waals surface area contributed by atoms with Crippen molar-refractivity contribution < 1.29 is 13.2 Å². The molecule has 3 aromatic rings. The van der Waals surface area contributed by atoms with Crippen LogP contribution < -0.4 is 5.32 Å². The predicted octanol–water partition coefficient (Wildman–Crippen LogP) is 2.23. The molecule has 2 aromatic carbocycles. The van der Waals surface area contributed by atoms with E-state index in [0.717, 1.165) is 22.4 Å². The number of aryl methyl sites for hydroxylation is 1. The number of aromatic amines is 1. The third kappa shape index (κ3) is 5.16. The van der Waals surface area contributed by atoms with E-state index in [9.17, 15) is 13.2 Å². The zero-order valence-electron chi connectivity index (χ0n) is 14.3. The number of nitrogens with one attached hydrogen (secondary N) is 2. The summed E-state index contributed by atoms with van der Waals surface area (Å²) >= 11 is 0. The molecule has 1 amide bonds. The van der Waals surface area contributed by atoms with Crippen LogP contribution in [-0.4, -0.2) is 36.6 Å². The summed E-state index contributed by atoms with van der Waals surface area (Å²) in [7, 11) is -3.25. The third-order valence-corrected chi connectivity index (χ3v) is 5.59. The molecule has 7 heteroatoms. The number of hydrogen-bond donors (Lipinski definition) is 2. The molecule has 3 rings (SSSR count). The summed E-state index contributed by atoms with van der Waals surface area (Å²) in [5.41, 5.74) is 2.56. The molecule has 136 valence electrons. The number of rotatable bonds is 8. The van der Waals surface area contributed by atoms with Gasteiger partial charge in [-0.2, -0.15) is 0 Å². The molecule has 0 spiro atoms. The van der Waals surface area contributed by atoms with E-state index in [2.05, 4.69) is 15.3 Å². The van der Waals surface area contributed by atoms with Crippen LogP contribution in [0, 0.1) is 0 Å². The van der Waals surface area contributed by atoms with Crippen molar-refractivity contribution in [2.45, 2.75) is 18.6 Å². The topological polar surface area (TPSA) is 91.9 Å². The van der Waals surface area contributed by atoms with Gasteiger partial charge in [0.25, 0.3) is 0 Å². The SMILES string of the molecule is O=C(CCc1nc2ccccc2[nH]1)NCCS(=O)(=O)Cc1ccccc1. The first-order valence-corrected chi connectivity index (χ1v) is 10.3. The van der Waals surface area contributed by atoms with E-state index in [1.165, 1.54) is 0 Å². The molecule has 26 heavy (non-hydrogen) atoms. The minimum absolute atomic E-state index is 0.0112. The summed E-state index contributed by atoms with van der Waals surface area (Å²) in [6.07, 6.45) is 0.746. The van der Waals surface area contributed by atoms with Crippen molar-refractivity contribution in [3.05, 3.63) is 66.0 Å². The largest absolute Gasteiger partial charge is 0.355 e. The van der Waals surface area contributed by atoms with Gasteiger partial charge in [0.1, 0.15) is 5.82 Å². The molecule has 0 saturated heterocycles. The van der Waals surface area contributed by atoms with E-state index in [1.54, 1.807) is 12.1 Å². The second kappa shape index (κ2) is 8.14. The lowest BCUT2D eigenvalue weighted by atomic mass is 10.2. The summed E-state index contributed by atoms with van der Waals surface area (Å²) in [5.74, 6) is 0.486. The van der Waals surface area contributed by atoms with Gasteiger partial charge in [-0.25, -0.2) is 13.4 Å². The Labute approximate surface area is 152 Å². The Morgan fingerprint density at radius 3 is 2.54 bits per heavy atom. The summed E-state index contributed by atoms with van der Waals surface area (Å²) in [6.45, 7) is 0.119. The molecule has 0 atom stereocenters. The smallest absolute Gasteiger partial charge is 0.220 e. The van der Waals surface area contributed by atoms with Gasteiger partial charge in [0.05, 0.1) is 22.5 Å². The van der Waals surface area contributed by atoms with Crippen molar-refractivity contribution in [2.75, 3.05) is 12.3 Å². The van der Waals surface area contributed by atoms with Gasteiger partial charge >= 0.3 is 0 Å². The van der Waals surface area contributed by atoms with Crippen LogP contribution in [0.3, 0.4) is 0 Å². The Morgan fingerprint density at radius 2 is 1.77 bits per heavy atom. The van der Waals surface area contributed by atoms with Crippen LogP contribution in [0.2, 0.25) is 0 Å². The molecule has 0 radical (unpaired) electrons. The number of nitrogens with zero attached hydrogens (tertiary/aromatic N) is 1. The van der Waals surface area contributed by atoms with Gasteiger partial charge in [-0.05, 0) is 17.7 Å². The average Bonchev–Trinajstić information content (AvgIpc) is 3.03. The number of benzene rings is 2. The number of sulfone groups is 1. The zero-order valence-corrected chi connectivity index (χ0v) is 15.1. The number of fused-ring (bicyclic) bond motifs is 1. The number of para-hydroxylation sites is 2. The van der Waals surface area contributed by atoms with E-state index >= 15 is 0 Å². The summed E-state index contributed by atoms with van der Waals surface area (Å²) in [6, 6.07) is 16.7. The highest BCUT2D eigenvalue weighted by atomic mass is 32.2. The molecule has 0 fully saturated rings. The highest BCUT2D eigenvalue weighted by Gasteiger charge is 2.13. The van der Waals surface area contributed by atoms with E-state index in [-0.39, 0.29) is 30.4 Å². The quantitative estimate of drug-likeness (QED) is 0.635. The Bertz CT molecular complexity index is 948. The lowest BCUT2D eigenvalue weighted by Crippen LogP contribution is -2.29. The third-order valence-electron chi connectivity index (χ3n) is 3.99. The van der Waals surface area contributed by atoms with Crippen LogP contribution in [0.15, 0.2) is 54.6 Å². The minimum atomic E-state index is -3.25. The van der Waals surface area contributed by atoms with Crippen LogP contribution in [-0.2, 0) is 26.8 Å². The van der Waals surface area contributed by atoms with Crippen molar-refractivity contribution >= 4 is 26.8 Å². The van der Waals surface area contributed by atoms with Gasteiger partial charge in [0, 0.05) is 19.4 Å². The molecule has 0 aliphatic rings. The monoisotopic (exact) mass is 371 g/mol. The van der Waals surface area contributed by atoms with Crippen LogP contribution in [0.25, 0.3) is 11.0 Å². The van der Waals surface area contributed by atoms with Crippen LogP contribution in [0.1, 0.15) is 17.8 Å². The number of H-pyrrole nitrogens is 1. The van der Waals surface area contributed by atoms with Crippen molar-refractivity contribution in [1.29, 1.82) is 0 Å². The molecule has 2 N–H and O–H groups in total. The van der Waals surface area contributed by atoms with Crippen LogP contribution in [0.4, 0.5) is 0 Å². The molecule has 1 heterocycles. The maximum Gasteiger partial charge on any atom is 0.220 e. The van der Waals surface area contributed by atoms with Crippen LogP contribution in [0.5, 0.6) is 0 Å². The van der Waals surface area contributed by atoms with Gasteiger partial charge in [-0.15, -0.1) is 0 Å². The Balaban J connectivity index is 1.42. The van der Waals surface area contributed by atoms with Crippen molar-refractivity contribution in [1.82, 2.24) is 15.3 Å². The maximum absolute atomic E-state index is 12.1. The van der Waals surface area contributed by atoms with Gasteiger partial charge in [-0.3, -0.25) is 4.79 Å². The van der Waals surface area contributed by atoms with Gasteiger partial charge < -0.3 is 10.3 Å². The first kappa shape index (κ1) is 18.1. The lowest BCUT2D eigenvalue weighted by Gasteiger charge is -2.06. The van der Waals surface area contributed by atoms with E-state index < -0.39 is 9.84 Å². The number of hydrogen-bond acceptors (Lipinski definition) is 4. The molecule has 1 aromatic heterocycles. The molecular weight excluding hydrogens is 350 g/mol. The normalized spacial score (nSPS) is 11.5. The van der Waals surface area contributed by atoms with E-state index in [0.29, 0.717) is 6.42 Å². The fourth-order valence-corrected chi connectivity index (χ4v) is 3.95. The van der Waals surface area contributed by atoms with Gasteiger partial charge in [0.15, 0.2) is 9.84 Å². The van der Waals surface area contributed by atoms with E-state index in [1.807, 2.05) is 42.5 Å². The highest BCUT2D eigenvalue weighted by Crippen LogP contribution is 2.11. The number of carbonyl (C=O) groups excluding carboxylic acids is 1. The fraction of sp³-hybridized carbons (Fsp3) is 0.263. The molecule has 0 saturated carbocycles. The lowest BCUT2D eigenvalue weighted by molar-refractivity contribution is -0.120. The molecule has 0 bridgehead atoms. The Hall–Kier alpha value is -2.67. The second-order valence-corrected chi connectivity index (χ2v) is 8.31. The van der Waals surface area contributed by atoms with Gasteiger partial charge in [0.2, 0.25) is 5.91 Å². The summed E-state index contributed by atoms with van der Waals surface area (Å²) in [4.78, 5) is 19.5.